The van der Waals surface area contributed by atoms with Crippen molar-refractivity contribution < 1.29 is 13.9 Å². The second-order valence-corrected chi connectivity index (χ2v) is 4.01. The van der Waals surface area contributed by atoms with Crippen LogP contribution in [-0.2, 0) is 0 Å². The fraction of sp³-hybridized carbons (Fsp3) is 1.00. The number of aliphatic hydroxyl groups excluding tert-OH is 1. The lowest BCUT2D eigenvalue weighted by Gasteiger charge is -2.36. The largest absolute Gasteiger partial charge is 0.387 e. The second-order valence-electron chi connectivity index (χ2n) is 4.01. The minimum Gasteiger partial charge on any atom is -0.387 e. The summed E-state index contributed by atoms with van der Waals surface area (Å²) in [6.45, 7) is 3.77. The highest BCUT2D eigenvalue weighted by atomic mass is 19.3. The van der Waals surface area contributed by atoms with Crippen molar-refractivity contribution >= 4 is 0 Å². The number of hydrogen-bond acceptors (Lipinski definition) is 1. The molecule has 0 spiro atoms. The molecule has 1 nitrogen and oxygen atoms in total. The van der Waals surface area contributed by atoms with E-state index in [1.807, 2.05) is 13.8 Å². The Morgan fingerprint density at radius 3 is 2.42 bits per heavy atom. The molecule has 0 aromatic heterocycles. The summed E-state index contributed by atoms with van der Waals surface area (Å²) in [6, 6.07) is 0. The van der Waals surface area contributed by atoms with Gasteiger partial charge in [0.05, 0.1) is 0 Å². The van der Waals surface area contributed by atoms with Crippen molar-refractivity contribution in [3.8, 4) is 0 Å². The Morgan fingerprint density at radius 2 is 2.00 bits per heavy atom. The molecule has 2 atom stereocenters. The monoisotopic (exact) mass is 178 g/mol. The zero-order chi connectivity index (χ0) is 9.35. The van der Waals surface area contributed by atoms with Crippen molar-refractivity contribution in [1.29, 1.82) is 0 Å². The molecule has 1 rings (SSSR count). The smallest absolute Gasteiger partial charge is 0.273 e. The molecule has 0 bridgehead atoms. The van der Waals surface area contributed by atoms with Gasteiger partial charge in [0.2, 0.25) is 0 Å². The predicted octanol–water partition coefficient (Wildman–Crippen LogP) is 2.44. The third-order valence-electron chi connectivity index (χ3n) is 2.74. The molecule has 0 heterocycles. The van der Waals surface area contributed by atoms with Crippen molar-refractivity contribution in [2.75, 3.05) is 0 Å². The SMILES string of the molecule is CC(C)C1CCCC(F)(F)C1O. The standard InChI is InChI=1S/C9H16F2O/c1-6(2)7-4-3-5-9(10,11)8(7)12/h6-8,12H,3-5H2,1-2H3. The van der Waals surface area contributed by atoms with Gasteiger partial charge < -0.3 is 5.11 Å². The third kappa shape index (κ3) is 1.76. The number of halogens is 2. The maximum atomic E-state index is 13.0. The molecular formula is C9H16F2O. The van der Waals surface area contributed by atoms with E-state index in [9.17, 15) is 13.9 Å². The van der Waals surface area contributed by atoms with E-state index in [2.05, 4.69) is 0 Å². The van der Waals surface area contributed by atoms with Crippen LogP contribution in [0, 0.1) is 11.8 Å². The minimum absolute atomic E-state index is 0.145. The Balaban J connectivity index is 2.66. The molecule has 12 heavy (non-hydrogen) atoms. The highest BCUT2D eigenvalue weighted by Crippen LogP contribution is 2.39. The van der Waals surface area contributed by atoms with Gasteiger partial charge in [-0.15, -0.1) is 0 Å². The van der Waals surface area contributed by atoms with Crippen molar-refractivity contribution in [2.24, 2.45) is 11.8 Å². The van der Waals surface area contributed by atoms with Crippen LogP contribution in [0.2, 0.25) is 0 Å². The molecule has 3 heteroatoms. The van der Waals surface area contributed by atoms with Crippen LogP contribution in [0.5, 0.6) is 0 Å². The molecule has 1 saturated carbocycles. The first-order chi connectivity index (χ1) is 5.45. The topological polar surface area (TPSA) is 20.2 Å². The summed E-state index contributed by atoms with van der Waals surface area (Å²) >= 11 is 0. The van der Waals surface area contributed by atoms with E-state index in [0.717, 1.165) is 6.42 Å². The molecule has 0 amide bonds. The summed E-state index contributed by atoms with van der Waals surface area (Å²) in [5, 5.41) is 9.32. The van der Waals surface area contributed by atoms with Crippen LogP contribution >= 0.6 is 0 Å². The van der Waals surface area contributed by atoms with Crippen LogP contribution in [0.3, 0.4) is 0 Å². The quantitative estimate of drug-likeness (QED) is 0.653. The van der Waals surface area contributed by atoms with E-state index in [1.54, 1.807) is 0 Å². The third-order valence-corrected chi connectivity index (χ3v) is 2.74. The zero-order valence-corrected chi connectivity index (χ0v) is 7.56. The van der Waals surface area contributed by atoms with Crippen LogP contribution in [0.1, 0.15) is 33.1 Å². The van der Waals surface area contributed by atoms with Gasteiger partial charge in [-0.2, -0.15) is 0 Å². The van der Waals surface area contributed by atoms with Gasteiger partial charge >= 0.3 is 0 Å². The van der Waals surface area contributed by atoms with Crippen LogP contribution in [0.4, 0.5) is 8.78 Å². The fourth-order valence-corrected chi connectivity index (χ4v) is 1.89. The van der Waals surface area contributed by atoms with Crippen LogP contribution in [0.25, 0.3) is 0 Å². The minimum atomic E-state index is -2.85. The first kappa shape index (κ1) is 9.90. The van der Waals surface area contributed by atoms with Crippen molar-refractivity contribution in [1.82, 2.24) is 0 Å². The summed E-state index contributed by atoms with van der Waals surface area (Å²) in [5.74, 6) is -2.94. The molecular weight excluding hydrogens is 162 g/mol. The van der Waals surface area contributed by atoms with E-state index in [1.165, 1.54) is 0 Å². The highest BCUT2D eigenvalue weighted by Gasteiger charge is 2.46. The molecule has 72 valence electrons. The van der Waals surface area contributed by atoms with Crippen LogP contribution in [-0.4, -0.2) is 17.1 Å². The van der Waals surface area contributed by atoms with E-state index in [0.29, 0.717) is 6.42 Å². The molecule has 0 aromatic carbocycles. The van der Waals surface area contributed by atoms with Crippen molar-refractivity contribution in [3.05, 3.63) is 0 Å². The number of alkyl halides is 2. The van der Waals surface area contributed by atoms with Gasteiger partial charge in [-0.3, -0.25) is 0 Å². The van der Waals surface area contributed by atoms with Gasteiger partial charge in [0, 0.05) is 6.42 Å². The molecule has 1 aliphatic rings. The first-order valence-corrected chi connectivity index (χ1v) is 4.51. The molecule has 2 unspecified atom stereocenters. The maximum absolute atomic E-state index is 13.0. The van der Waals surface area contributed by atoms with Gasteiger partial charge in [0.1, 0.15) is 6.10 Å². The summed E-state index contributed by atoms with van der Waals surface area (Å²) in [6.07, 6.45) is -0.315. The van der Waals surface area contributed by atoms with Crippen molar-refractivity contribution in [3.63, 3.8) is 0 Å². The molecule has 0 radical (unpaired) electrons. The van der Waals surface area contributed by atoms with Crippen molar-refractivity contribution in [2.45, 2.75) is 45.1 Å². The van der Waals surface area contributed by atoms with E-state index < -0.39 is 12.0 Å². The lowest BCUT2D eigenvalue weighted by Crippen LogP contribution is -2.44. The molecule has 0 aromatic rings. The lowest BCUT2D eigenvalue weighted by molar-refractivity contribution is -0.162. The van der Waals surface area contributed by atoms with E-state index in [-0.39, 0.29) is 18.3 Å². The molecule has 1 fully saturated rings. The number of aliphatic hydroxyl groups is 1. The van der Waals surface area contributed by atoms with Crippen LogP contribution in [0.15, 0.2) is 0 Å². The predicted molar refractivity (Wildman–Crippen MR) is 43.1 cm³/mol. The van der Waals surface area contributed by atoms with Gasteiger partial charge in [-0.05, 0) is 24.7 Å². The Hall–Kier alpha value is -0.180. The fourth-order valence-electron chi connectivity index (χ4n) is 1.89. The van der Waals surface area contributed by atoms with Gasteiger partial charge in [-0.25, -0.2) is 8.78 Å². The van der Waals surface area contributed by atoms with Gasteiger partial charge in [0.15, 0.2) is 0 Å². The molecule has 1 N–H and O–H groups in total. The Bertz CT molecular complexity index is 157. The lowest BCUT2D eigenvalue weighted by atomic mass is 9.77. The molecule has 0 saturated heterocycles. The van der Waals surface area contributed by atoms with Gasteiger partial charge in [-0.1, -0.05) is 13.8 Å². The zero-order valence-electron chi connectivity index (χ0n) is 7.56. The number of hydrogen-bond donors (Lipinski definition) is 1. The Labute approximate surface area is 71.8 Å². The Kier molecular flexibility index (Phi) is 2.71. The van der Waals surface area contributed by atoms with Crippen LogP contribution < -0.4 is 0 Å². The summed E-state index contributed by atoms with van der Waals surface area (Å²) < 4.78 is 25.9. The molecule has 0 aliphatic heterocycles. The summed E-state index contributed by atoms with van der Waals surface area (Å²) in [4.78, 5) is 0. The highest BCUT2D eigenvalue weighted by molar-refractivity contribution is 4.88. The molecule has 1 aliphatic carbocycles. The summed E-state index contributed by atoms with van der Waals surface area (Å²) in [5.41, 5.74) is 0. The number of rotatable bonds is 1. The van der Waals surface area contributed by atoms with E-state index >= 15 is 0 Å². The van der Waals surface area contributed by atoms with Gasteiger partial charge in [0.25, 0.3) is 5.92 Å². The second kappa shape index (κ2) is 3.29. The summed E-state index contributed by atoms with van der Waals surface area (Å²) in [7, 11) is 0. The normalized spacial score (nSPS) is 35.5. The maximum Gasteiger partial charge on any atom is 0.273 e. The average molecular weight is 178 g/mol. The first-order valence-electron chi connectivity index (χ1n) is 4.51. The van der Waals surface area contributed by atoms with E-state index in [4.69, 9.17) is 0 Å². The average Bonchev–Trinajstić information content (AvgIpc) is 1.94. The Morgan fingerprint density at radius 1 is 1.42 bits per heavy atom.